The second kappa shape index (κ2) is 6.23. The van der Waals surface area contributed by atoms with E-state index in [1.807, 2.05) is 0 Å². The molecule has 1 aromatic carbocycles. The summed E-state index contributed by atoms with van der Waals surface area (Å²) in [6, 6.07) is 6.36. The average Bonchev–Trinajstić information content (AvgIpc) is 2.43. The third-order valence-electron chi connectivity index (χ3n) is 3.32. The quantitative estimate of drug-likeness (QED) is 0.686. The van der Waals surface area contributed by atoms with E-state index in [4.69, 9.17) is 0 Å². The number of nitrogens with one attached hydrogen (secondary N) is 1. The molecule has 4 heteroatoms. The second-order valence-corrected chi connectivity index (χ2v) is 5.63. The molecule has 0 amide bonds. The first-order valence-corrected chi connectivity index (χ1v) is 7.20. The summed E-state index contributed by atoms with van der Waals surface area (Å²) in [7, 11) is 1.40. The molecule has 1 N–H and O–H groups in total. The van der Waals surface area contributed by atoms with Gasteiger partial charge in [0.05, 0.1) is 7.11 Å². The zero-order valence-corrected chi connectivity index (χ0v) is 12.1. The number of hydrogen-bond donors (Lipinski definition) is 1. The first-order valence-electron chi connectivity index (χ1n) is 6.29. The number of alkyl halides is 1. The van der Waals surface area contributed by atoms with Gasteiger partial charge in [0.2, 0.25) is 0 Å². The molecule has 3 nitrogen and oxygen atoms in total. The van der Waals surface area contributed by atoms with Gasteiger partial charge in [-0.15, -0.1) is 0 Å². The van der Waals surface area contributed by atoms with E-state index >= 15 is 0 Å². The lowest BCUT2D eigenvalue weighted by Gasteiger charge is -2.20. The highest BCUT2D eigenvalue weighted by atomic mass is 79.9. The molecule has 2 rings (SSSR count). The smallest absolute Gasteiger partial charge is 0.321 e. The van der Waals surface area contributed by atoms with Crippen LogP contribution in [-0.2, 0) is 22.4 Å². The molecule has 0 aromatic heterocycles. The molecule has 0 saturated heterocycles. The Morgan fingerprint density at radius 3 is 3.00 bits per heavy atom. The number of carbonyl (C=O) groups is 1. The molecular weight excluding hydrogens is 294 g/mol. The molecule has 0 saturated carbocycles. The summed E-state index contributed by atoms with van der Waals surface area (Å²) in [4.78, 5) is 11.0. The summed E-state index contributed by atoms with van der Waals surface area (Å²) in [5, 5.41) is 3.34. The van der Waals surface area contributed by atoms with Crippen molar-refractivity contribution in [2.75, 3.05) is 19.0 Å². The fraction of sp³-hybridized carbons (Fsp3) is 0.500. The average molecular weight is 312 g/mol. The van der Waals surface area contributed by atoms with Crippen molar-refractivity contribution in [2.45, 2.75) is 30.5 Å². The Bertz CT molecular complexity index is 434. The van der Waals surface area contributed by atoms with Gasteiger partial charge in [0, 0.05) is 12.2 Å². The summed E-state index contributed by atoms with van der Waals surface area (Å²) in [6.45, 7) is 0.545. The van der Waals surface area contributed by atoms with Gasteiger partial charge < -0.3 is 10.1 Å². The maximum atomic E-state index is 11.3. The fourth-order valence-corrected chi connectivity index (χ4v) is 2.71. The predicted octanol–water partition coefficient (Wildman–Crippen LogP) is 2.91. The highest BCUT2D eigenvalue weighted by Crippen LogP contribution is 2.27. The van der Waals surface area contributed by atoms with E-state index < -0.39 is 0 Å². The minimum absolute atomic E-state index is 0.243. The Morgan fingerprint density at radius 1 is 1.44 bits per heavy atom. The lowest BCUT2D eigenvalue weighted by atomic mass is 9.90. The number of aryl methyl sites for hydroxylation is 1. The van der Waals surface area contributed by atoms with Crippen LogP contribution < -0.4 is 5.32 Å². The first-order chi connectivity index (χ1) is 8.72. The van der Waals surface area contributed by atoms with Crippen LogP contribution in [0.1, 0.15) is 24.0 Å². The van der Waals surface area contributed by atoms with E-state index in [0.717, 1.165) is 12.1 Å². The maximum absolute atomic E-state index is 11.3. The molecule has 0 heterocycles. The first kappa shape index (κ1) is 13.4. The zero-order valence-electron chi connectivity index (χ0n) is 10.5. The molecule has 1 unspecified atom stereocenters. The van der Waals surface area contributed by atoms with Crippen LogP contribution in [0.15, 0.2) is 18.2 Å². The Balaban J connectivity index is 2.03. The van der Waals surface area contributed by atoms with Crippen molar-refractivity contribution in [3.63, 3.8) is 0 Å². The van der Waals surface area contributed by atoms with Gasteiger partial charge in [0.15, 0.2) is 0 Å². The Labute approximate surface area is 116 Å². The van der Waals surface area contributed by atoms with Crippen molar-refractivity contribution in [1.29, 1.82) is 0 Å². The summed E-state index contributed by atoms with van der Waals surface area (Å²) < 4.78 is 4.69. The van der Waals surface area contributed by atoms with Crippen molar-refractivity contribution >= 4 is 27.6 Å². The van der Waals surface area contributed by atoms with Crippen LogP contribution in [0, 0.1) is 0 Å². The van der Waals surface area contributed by atoms with Gasteiger partial charge in [-0.1, -0.05) is 28.1 Å². The second-order valence-electron chi connectivity index (χ2n) is 4.52. The van der Waals surface area contributed by atoms with Crippen LogP contribution in [-0.4, -0.2) is 24.5 Å². The molecule has 0 aliphatic heterocycles. The van der Waals surface area contributed by atoms with Crippen molar-refractivity contribution in [3.05, 3.63) is 29.3 Å². The number of carbonyl (C=O) groups excluding carboxylic acids is 1. The van der Waals surface area contributed by atoms with Gasteiger partial charge in [-0.25, -0.2) is 0 Å². The molecule has 1 aromatic rings. The molecular formula is C14H18BrNO2. The third kappa shape index (κ3) is 3.05. The predicted molar refractivity (Wildman–Crippen MR) is 76.3 cm³/mol. The largest absolute Gasteiger partial charge is 0.468 e. The molecule has 98 valence electrons. The number of fused-ring (bicyclic) bond motifs is 1. The van der Waals surface area contributed by atoms with Gasteiger partial charge in [-0.05, 0) is 42.9 Å². The van der Waals surface area contributed by atoms with Crippen LogP contribution in [0.3, 0.4) is 0 Å². The van der Waals surface area contributed by atoms with Crippen LogP contribution in [0.5, 0.6) is 0 Å². The van der Waals surface area contributed by atoms with E-state index in [2.05, 4.69) is 44.2 Å². The SMILES string of the molecule is COC(=O)C(Br)CNc1cccc2c1CCCC2. The summed E-state index contributed by atoms with van der Waals surface area (Å²) in [5.74, 6) is -0.243. The fourth-order valence-electron chi connectivity index (χ4n) is 2.36. The number of benzene rings is 1. The molecule has 1 atom stereocenters. The summed E-state index contributed by atoms with van der Waals surface area (Å²) >= 11 is 3.32. The van der Waals surface area contributed by atoms with Gasteiger partial charge in [0.1, 0.15) is 4.83 Å². The molecule has 0 bridgehead atoms. The van der Waals surface area contributed by atoms with Crippen molar-refractivity contribution in [3.8, 4) is 0 Å². The Morgan fingerprint density at radius 2 is 2.22 bits per heavy atom. The molecule has 1 aliphatic rings. The number of rotatable bonds is 4. The number of ether oxygens (including phenoxy) is 1. The van der Waals surface area contributed by atoms with E-state index in [0.29, 0.717) is 6.54 Å². The van der Waals surface area contributed by atoms with Crippen LogP contribution in [0.25, 0.3) is 0 Å². The number of halogens is 1. The van der Waals surface area contributed by atoms with E-state index in [1.165, 1.54) is 37.5 Å². The van der Waals surface area contributed by atoms with E-state index in [1.54, 1.807) is 0 Å². The topological polar surface area (TPSA) is 38.3 Å². The van der Waals surface area contributed by atoms with Crippen molar-refractivity contribution in [1.82, 2.24) is 0 Å². The van der Waals surface area contributed by atoms with Gasteiger partial charge in [-0.2, -0.15) is 0 Å². The monoisotopic (exact) mass is 311 g/mol. The number of methoxy groups -OCH3 is 1. The van der Waals surface area contributed by atoms with E-state index in [9.17, 15) is 4.79 Å². The minimum Gasteiger partial charge on any atom is -0.468 e. The maximum Gasteiger partial charge on any atom is 0.321 e. The molecule has 18 heavy (non-hydrogen) atoms. The normalized spacial score (nSPS) is 15.7. The van der Waals surface area contributed by atoms with Crippen LogP contribution in [0.4, 0.5) is 5.69 Å². The van der Waals surface area contributed by atoms with Gasteiger partial charge >= 0.3 is 5.97 Å². The highest BCUT2D eigenvalue weighted by Gasteiger charge is 2.17. The minimum atomic E-state index is -0.304. The lowest BCUT2D eigenvalue weighted by Crippen LogP contribution is -2.25. The Hall–Kier alpha value is -1.03. The van der Waals surface area contributed by atoms with Gasteiger partial charge in [-0.3, -0.25) is 4.79 Å². The lowest BCUT2D eigenvalue weighted by molar-refractivity contribution is -0.139. The molecule has 0 radical (unpaired) electrons. The number of esters is 1. The highest BCUT2D eigenvalue weighted by molar-refractivity contribution is 9.10. The third-order valence-corrected chi connectivity index (χ3v) is 4.02. The number of hydrogen-bond acceptors (Lipinski definition) is 3. The molecule has 0 spiro atoms. The van der Waals surface area contributed by atoms with Crippen LogP contribution in [0.2, 0.25) is 0 Å². The standard InChI is InChI=1S/C14H18BrNO2/c1-18-14(17)12(15)9-16-13-8-4-6-10-5-2-3-7-11(10)13/h4,6,8,12,16H,2-3,5,7,9H2,1H3. The van der Waals surface area contributed by atoms with E-state index in [-0.39, 0.29) is 10.8 Å². The van der Waals surface area contributed by atoms with Gasteiger partial charge in [0.25, 0.3) is 0 Å². The number of anilines is 1. The van der Waals surface area contributed by atoms with Crippen molar-refractivity contribution in [2.24, 2.45) is 0 Å². The Kier molecular flexibility index (Phi) is 4.64. The zero-order chi connectivity index (χ0) is 13.0. The summed E-state index contributed by atoms with van der Waals surface area (Å²) in [5.41, 5.74) is 4.00. The molecule has 1 aliphatic carbocycles. The van der Waals surface area contributed by atoms with Crippen LogP contribution >= 0.6 is 15.9 Å². The van der Waals surface area contributed by atoms with Crippen molar-refractivity contribution < 1.29 is 9.53 Å². The summed E-state index contributed by atoms with van der Waals surface area (Å²) in [6.07, 6.45) is 4.82. The molecule has 0 fully saturated rings.